The van der Waals surface area contributed by atoms with Crippen molar-refractivity contribution in [3.63, 3.8) is 0 Å². The maximum atomic E-state index is 10.7. The van der Waals surface area contributed by atoms with Crippen LogP contribution in [0.3, 0.4) is 0 Å². The fourth-order valence-electron chi connectivity index (χ4n) is 2.02. The average molecular weight is 230 g/mol. The Labute approximate surface area is 93.9 Å². The van der Waals surface area contributed by atoms with Gasteiger partial charge in [-0.15, -0.1) is 0 Å². The summed E-state index contributed by atoms with van der Waals surface area (Å²) in [6.07, 6.45) is 3.61. The van der Waals surface area contributed by atoms with Crippen LogP contribution in [0.1, 0.15) is 33.1 Å². The van der Waals surface area contributed by atoms with Crippen LogP contribution >= 0.6 is 0 Å². The van der Waals surface area contributed by atoms with Gasteiger partial charge in [0.05, 0.1) is 13.2 Å². The van der Waals surface area contributed by atoms with Crippen molar-refractivity contribution in [2.24, 2.45) is 5.41 Å². The summed E-state index contributed by atoms with van der Waals surface area (Å²) in [5.41, 5.74) is 0.449. The van der Waals surface area contributed by atoms with Crippen LogP contribution in [-0.4, -0.2) is 28.2 Å². The Balaban J connectivity index is 2.12. The SMILES string of the molecule is CCC1(CCC[SiH](C)OC(C)=O)COC1. The topological polar surface area (TPSA) is 35.5 Å². The largest absolute Gasteiger partial charge is 0.522 e. The zero-order chi connectivity index (χ0) is 11.3. The van der Waals surface area contributed by atoms with Gasteiger partial charge in [-0.1, -0.05) is 13.3 Å². The third-order valence-electron chi connectivity index (χ3n) is 3.25. The second-order valence-corrected chi connectivity index (χ2v) is 7.09. The fourth-order valence-corrected chi connectivity index (χ4v) is 3.49. The van der Waals surface area contributed by atoms with Crippen LogP contribution in [0.4, 0.5) is 0 Å². The van der Waals surface area contributed by atoms with E-state index < -0.39 is 9.04 Å². The van der Waals surface area contributed by atoms with E-state index in [1.54, 1.807) is 0 Å². The molecule has 0 aromatic heterocycles. The molecule has 0 spiro atoms. The summed E-state index contributed by atoms with van der Waals surface area (Å²) in [4.78, 5) is 10.7. The highest BCUT2D eigenvalue weighted by Crippen LogP contribution is 2.36. The Hall–Kier alpha value is -0.353. The summed E-state index contributed by atoms with van der Waals surface area (Å²) in [5, 5.41) is 0. The molecule has 0 N–H and O–H groups in total. The Morgan fingerprint density at radius 3 is 2.60 bits per heavy atom. The predicted molar refractivity (Wildman–Crippen MR) is 62.4 cm³/mol. The van der Waals surface area contributed by atoms with Crippen molar-refractivity contribution < 1.29 is 14.0 Å². The van der Waals surface area contributed by atoms with Gasteiger partial charge in [-0.25, -0.2) is 0 Å². The Kier molecular flexibility index (Phi) is 4.79. The van der Waals surface area contributed by atoms with Gasteiger partial charge in [-0.2, -0.15) is 0 Å². The molecule has 1 aliphatic rings. The van der Waals surface area contributed by atoms with Crippen LogP contribution in [0.2, 0.25) is 12.6 Å². The third kappa shape index (κ3) is 3.95. The molecule has 1 aliphatic heterocycles. The summed E-state index contributed by atoms with van der Waals surface area (Å²) in [6, 6.07) is 1.10. The molecule has 3 nitrogen and oxygen atoms in total. The summed E-state index contributed by atoms with van der Waals surface area (Å²) in [7, 11) is -1.24. The lowest BCUT2D eigenvalue weighted by Crippen LogP contribution is -2.42. The van der Waals surface area contributed by atoms with Gasteiger partial charge in [0.25, 0.3) is 5.97 Å². The first-order chi connectivity index (χ1) is 7.08. The number of carbonyl (C=O) groups is 1. The van der Waals surface area contributed by atoms with E-state index in [0.29, 0.717) is 5.41 Å². The lowest BCUT2D eigenvalue weighted by molar-refractivity contribution is -0.132. The number of carbonyl (C=O) groups excluding carboxylic acids is 1. The predicted octanol–water partition coefficient (Wildman–Crippen LogP) is 2.11. The molecule has 15 heavy (non-hydrogen) atoms. The number of hydrogen-bond donors (Lipinski definition) is 0. The van der Waals surface area contributed by atoms with Crippen molar-refractivity contribution in [3.8, 4) is 0 Å². The summed E-state index contributed by atoms with van der Waals surface area (Å²) >= 11 is 0. The van der Waals surface area contributed by atoms with E-state index in [0.717, 1.165) is 19.3 Å². The Morgan fingerprint density at radius 2 is 2.20 bits per heavy atom. The zero-order valence-corrected chi connectivity index (χ0v) is 11.2. The summed E-state index contributed by atoms with van der Waals surface area (Å²) in [5.74, 6) is -0.119. The molecule has 4 heteroatoms. The van der Waals surface area contributed by atoms with Crippen LogP contribution in [0.5, 0.6) is 0 Å². The smallest absolute Gasteiger partial charge is 0.289 e. The van der Waals surface area contributed by atoms with Crippen LogP contribution in [0.25, 0.3) is 0 Å². The van der Waals surface area contributed by atoms with Crippen molar-refractivity contribution in [1.29, 1.82) is 0 Å². The van der Waals surface area contributed by atoms with E-state index in [4.69, 9.17) is 9.16 Å². The monoisotopic (exact) mass is 230 g/mol. The molecule has 1 fully saturated rings. The van der Waals surface area contributed by atoms with Crippen molar-refractivity contribution in [3.05, 3.63) is 0 Å². The lowest BCUT2D eigenvalue weighted by atomic mass is 9.79. The second-order valence-electron chi connectivity index (χ2n) is 4.66. The van der Waals surface area contributed by atoms with E-state index in [9.17, 15) is 4.79 Å². The quantitative estimate of drug-likeness (QED) is 0.656. The molecule has 1 atom stereocenters. The zero-order valence-electron chi connectivity index (χ0n) is 10.0. The van der Waals surface area contributed by atoms with Gasteiger partial charge in [0.15, 0.2) is 0 Å². The highest BCUT2D eigenvalue weighted by atomic mass is 28.3. The molecule has 0 bridgehead atoms. The first-order valence-corrected chi connectivity index (χ1v) is 8.27. The van der Waals surface area contributed by atoms with Crippen molar-refractivity contribution >= 4 is 15.0 Å². The molecule has 0 aliphatic carbocycles. The summed E-state index contributed by atoms with van der Waals surface area (Å²) in [6.45, 7) is 7.67. The van der Waals surface area contributed by atoms with Crippen LogP contribution in [0, 0.1) is 5.41 Å². The molecule has 0 amide bonds. The van der Waals surface area contributed by atoms with Crippen LogP contribution < -0.4 is 0 Å². The van der Waals surface area contributed by atoms with Gasteiger partial charge in [0.1, 0.15) is 0 Å². The first kappa shape index (κ1) is 12.7. The van der Waals surface area contributed by atoms with E-state index in [-0.39, 0.29) is 5.97 Å². The minimum Gasteiger partial charge on any atom is -0.522 e. The number of hydrogen-bond acceptors (Lipinski definition) is 3. The van der Waals surface area contributed by atoms with Crippen molar-refractivity contribution in [2.75, 3.05) is 13.2 Å². The van der Waals surface area contributed by atoms with E-state index in [2.05, 4.69) is 13.5 Å². The maximum Gasteiger partial charge on any atom is 0.289 e. The number of ether oxygens (including phenoxy) is 1. The van der Waals surface area contributed by atoms with Crippen LogP contribution in [-0.2, 0) is 14.0 Å². The molecular formula is C11H22O3Si. The minimum absolute atomic E-state index is 0.119. The number of rotatable bonds is 6. The summed E-state index contributed by atoms with van der Waals surface area (Å²) < 4.78 is 10.5. The minimum atomic E-state index is -1.24. The van der Waals surface area contributed by atoms with Gasteiger partial charge < -0.3 is 9.16 Å². The normalized spacial score (nSPS) is 20.5. The van der Waals surface area contributed by atoms with Gasteiger partial charge in [0, 0.05) is 12.3 Å². The molecule has 0 radical (unpaired) electrons. The van der Waals surface area contributed by atoms with E-state index in [1.807, 2.05) is 0 Å². The molecule has 88 valence electrons. The fraction of sp³-hybridized carbons (Fsp3) is 0.909. The highest BCUT2D eigenvalue weighted by Gasteiger charge is 2.35. The molecule has 0 aromatic carbocycles. The van der Waals surface area contributed by atoms with E-state index in [1.165, 1.54) is 26.2 Å². The van der Waals surface area contributed by atoms with Crippen molar-refractivity contribution in [1.82, 2.24) is 0 Å². The van der Waals surface area contributed by atoms with Gasteiger partial charge >= 0.3 is 0 Å². The van der Waals surface area contributed by atoms with Gasteiger partial charge in [-0.05, 0) is 25.4 Å². The third-order valence-corrected chi connectivity index (χ3v) is 5.21. The average Bonchev–Trinajstić information content (AvgIpc) is 2.08. The van der Waals surface area contributed by atoms with Crippen LogP contribution in [0.15, 0.2) is 0 Å². The first-order valence-electron chi connectivity index (χ1n) is 5.83. The van der Waals surface area contributed by atoms with Crippen molar-refractivity contribution in [2.45, 2.75) is 45.7 Å². The second kappa shape index (κ2) is 5.65. The highest BCUT2D eigenvalue weighted by molar-refractivity contribution is 6.52. The molecular weight excluding hydrogens is 208 g/mol. The van der Waals surface area contributed by atoms with Gasteiger partial charge in [0.2, 0.25) is 9.04 Å². The molecule has 1 heterocycles. The maximum absolute atomic E-state index is 10.7. The van der Waals surface area contributed by atoms with E-state index >= 15 is 0 Å². The lowest BCUT2D eigenvalue weighted by Gasteiger charge is -2.41. The standard InChI is InChI=1S/C11H22O3Si/c1-4-11(8-13-9-11)6-5-7-15(3)14-10(2)12/h15H,4-9H2,1-3H3. The Bertz CT molecular complexity index is 208. The molecule has 1 unspecified atom stereocenters. The van der Waals surface area contributed by atoms with Gasteiger partial charge in [-0.3, -0.25) is 4.79 Å². The molecule has 1 rings (SSSR count). The molecule has 0 aromatic rings. The molecule has 0 saturated carbocycles. The molecule has 1 saturated heterocycles. The Morgan fingerprint density at radius 1 is 1.53 bits per heavy atom.